The third-order valence-electron chi connectivity index (χ3n) is 3.63. The van der Waals surface area contributed by atoms with Crippen LogP contribution in [-0.2, 0) is 22.1 Å². The molecule has 4 nitrogen and oxygen atoms in total. The van der Waals surface area contributed by atoms with Crippen molar-refractivity contribution in [2.24, 2.45) is 0 Å². The predicted molar refractivity (Wildman–Crippen MR) is 84.5 cm³/mol. The maximum Gasteiger partial charge on any atom is 0.416 e. The molecule has 0 aliphatic carbocycles. The summed E-state index contributed by atoms with van der Waals surface area (Å²) in [7, 11) is 1.62. The van der Waals surface area contributed by atoms with Crippen molar-refractivity contribution in [3.8, 4) is 0 Å². The largest absolute Gasteiger partial charge is 0.462 e. The minimum Gasteiger partial charge on any atom is -0.462 e. The Balaban J connectivity index is 2.70. The second kappa shape index (κ2) is 8.48. The summed E-state index contributed by atoms with van der Waals surface area (Å²) >= 11 is 0. The first-order valence-corrected chi connectivity index (χ1v) is 7.76. The van der Waals surface area contributed by atoms with E-state index in [1.807, 2.05) is 0 Å². The van der Waals surface area contributed by atoms with Crippen molar-refractivity contribution >= 4 is 5.97 Å². The number of aliphatic hydroxyl groups is 1. The first-order valence-electron chi connectivity index (χ1n) is 7.76. The van der Waals surface area contributed by atoms with Gasteiger partial charge >= 0.3 is 12.1 Å². The standard InChI is InChI=1S/C17H24F3NO3/c1-11(2)24-16(23)12(3)21(4)10-14(22)9-13-7-5-6-8-15(13)17(18,19)20/h5-8,11-12,14,22H,9-10H2,1-4H3. The van der Waals surface area contributed by atoms with E-state index in [0.29, 0.717) is 0 Å². The van der Waals surface area contributed by atoms with Crippen LogP contribution in [0.25, 0.3) is 0 Å². The molecule has 0 heterocycles. The number of ether oxygens (including phenoxy) is 1. The third-order valence-corrected chi connectivity index (χ3v) is 3.63. The van der Waals surface area contributed by atoms with Crippen molar-refractivity contribution in [3.63, 3.8) is 0 Å². The van der Waals surface area contributed by atoms with Gasteiger partial charge in [0.25, 0.3) is 0 Å². The van der Waals surface area contributed by atoms with E-state index in [2.05, 4.69) is 0 Å². The molecule has 0 fully saturated rings. The van der Waals surface area contributed by atoms with E-state index in [4.69, 9.17) is 4.74 Å². The van der Waals surface area contributed by atoms with Crippen LogP contribution in [0.3, 0.4) is 0 Å². The molecule has 24 heavy (non-hydrogen) atoms. The molecule has 0 aromatic heterocycles. The van der Waals surface area contributed by atoms with Crippen molar-refractivity contribution in [1.82, 2.24) is 4.90 Å². The molecule has 0 aliphatic rings. The first-order chi connectivity index (χ1) is 11.0. The predicted octanol–water partition coefficient (Wildman–Crippen LogP) is 2.88. The lowest BCUT2D eigenvalue weighted by atomic mass is 10.0. The maximum atomic E-state index is 13.0. The van der Waals surface area contributed by atoms with Crippen LogP contribution in [0.2, 0.25) is 0 Å². The first kappa shape index (κ1) is 20.4. The highest BCUT2D eigenvalue weighted by Crippen LogP contribution is 2.32. The zero-order valence-corrected chi connectivity index (χ0v) is 14.3. The molecule has 1 aromatic carbocycles. The Morgan fingerprint density at radius 2 is 1.83 bits per heavy atom. The van der Waals surface area contributed by atoms with Gasteiger partial charge in [-0.05, 0) is 39.4 Å². The topological polar surface area (TPSA) is 49.8 Å². The molecule has 0 amide bonds. The van der Waals surface area contributed by atoms with Crippen molar-refractivity contribution in [1.29, 1.82) is 0 Å². The average Bonchev–Trinajstić information content (AvgIpc) is 2.44. The molecule has 0 spiro atoms. The number of alkyl halides is 3. The molecule has 0 saturated carbocycles. The van der Waals surface area contributed by atoms with Crippen LogP contribution < -0.4 is 0 Å². The fraction of sp³-hybridized carbons (Fsp3) is 0.588. The van der Waals surface area contributed by atoms with Crippen LogP contribution in [0, 0.1) is 0 Å². The molecule has 2 atom stereocenters. The van der Waals surface area contributed by atoms with Gasteiger partial charge in [-0.15, -0.1) is 0 Å². The minimum atomic E-state index is -4.46. The number of rotatable bonds is 7. The number of hydrogen-bond acceptors (Lipinski definition) is 4. The fourth-order valence-corrected chi connectivity index (χ4v) is 2.29. The summed E-state index contributed by atoms with van der Waals surface area (Å²) in [6, 6.07) is 4.56. The van der Waals surface area contributed by atoms with Gasteiger partial charge in [-0.1, -0.05) is 18.2 Å². The lowest BCUT2D eigenvalue weighted by molar-refractivity contribution is -0.153. The SMILES string of the molecule is CC(C)OC(=O)C(C)N(C)CC(O)Cc1ccccc1C(F)(F)F. The van der Waals surface area contributed by atoms with Gasteiger partial charge in [0.2, 0.25) is 0 Å². The highest BCUT2D eigenvalue weighted by atomic mass is 19.4. The van der Waals surface area contributed by atoms with Gasteiger partial charge < -0.3 is 9.84 Å². The summed E-state index contributed by atoms with van der Waals surface area (Å²) in [4.78, 5) is 13.4. The Morgan fingerprint density at radius 3 is 2.38 bits per heavy atom. The smallest absolute Gasteiger partial charge is 0.416 e. The van der Waals surface area contributed by atoms with Gasteiger partial charge in [-0.3, -0.25) is 9.69 Å². The molecule has 0 bridgehead atoms. The summed E-state index contributed by atoms with van der Waals surface area (Å²) in [6.45, 7) is 5.14. The van der Waals surface area contributed by atoms with Crippen LogP contribution in [0.5, 0.6) is 0 Å². The number of carbonyl (C=O) groups is 1. The van der Waals surface area contributed by atoms with Gasteiger partial charge in [0, 0.05) is 13.0 Å². The number of carbonyl (C=O) groups excluding carboxylic acids is 1. The molecule has 1 N–H and O–H groups in total. The lowest BCUT2D eigenvalue weighted by Crippen LogP contribution is -2.42. The number of halogens is 3. The Labute approximate surface area is 140 Å². The summed E-state index contributed by atoms with van der Waals surface area (Å²) in [5, 5.41) is 10.1. The Hall–Kier alpha value is -1.60. The van der Waals surface area contributed by atoms with E-state index in [0.717, 1.165) is 6.07 Å². The number of benzene rings is 1. The van der Waals surface area contributed by atoms with Crippen molar-refractivity contribution < 1.29 is 27.8 Å². The number of nitrogens with zero attached hydrogens (tertiary/aromatic N) is 1. The summed E-state index contributed by atoms with van der Waals surface area (Å²) in [5.41, 5.74) is -0.720. The van der Waals surface area contributed by atoms with Crippen LogP contribution in [0.1, 0.15) is 31.9 Å². The number of likely N-dealkylation sites (N-methyl/N-ethyl adjacent to an activating group) is 1. The van der Waals surface area contributed by atoms with Crippen LogP contribution in [0.15, 0.2) is 24.3 Å². The van der Waals surface area contributed by atoms with Crippen molar-refractivity contribution in [2.75, 3.05) is 13.6 Å². The number of hydrogen-bond donors (Lipinski definition) is 1. The van der Waals surface area contributed by atoms with E-state index in [9.17, 15) is 23.1 Å². The van der Waals surface area contributed by atoms with Gasteiger partial charge in [0.05, 0.1) is 17.8 Å². The number of aliphatic hydroxyl groups excluding tert-OH is 1. The van der Waals surface area contributed by atoms with E-state index in [-0.39, 0.29) is 24.6 Å². The highest BCUT2D eigenvalue weighted by Gasteiger charge is 2.33. The fourth-order valence-electron chi connectivity index (χ4n) is 2.29. The van der Waals surface area contributed by atoms with E-state index >= 15 is 0 Å². The molecule has 1 rings (SSSR count). The van der Waals surface area contributed by atoms with E-state index < -0.39 is 29.9 Å². The molecule has 136 valence electrons. The van der Waals surface area contributed by atoms with Crippen LogP contribution in [-0.4, -0.2) is 47.8 Å². The van der Waals surface area contributed by atoms with Crippen molar-refractivity contribution in [3.05, 3.63) is 35.4 Å². The van der Waals surface area contributed by atoms with Gasteiger partial charge in [-0.25, -0.2) is 0 Å². The van der Waals surface area contributed by atoms with Crippen LogP contribution in [0.4, 0.5) is 13.2 Å². The monoisotopic (exact) mass is 347 g/mol. The second-order valence-electron chi connectivity index (χ2n) is 6.11. The zero-order valence-electron chi connectivity index (χ0n) is 14.3. The molecule has 0 saturated heterocycles. The summed E-state index contributed by atoms with van der Waals surface area (Å²) in [6.07, 6.45) is -5.90. The number of esters is 1. The second-order valence-corrected chi connectivity index (χ2v) is 6.11. The maximum absolute atomic E-state index is 13.0. The molecule has 0 radical (unpaired) electrons. The van der Waals surface area contributed by atoms with Gasteiger partial charge in [0.1, 0.15) is 6.04 Å². The van der Waals surface area contributed by atoms with Crippen molar-refractivity contribution in [2.45, 2.75) is 51.6 Å². The van der Waals surface area contributed by atoms with Crippen LogP contribution >= 0.6 is 0 Å². The van der Waals surface area contributed by atoms with Gasteiger partial charge in [0.15, 0.2) is 0 Å². The molecular weight excluding hydrogens is 323 g/mol. The normalized spacial score (nSPS) is 14.8. The Kier molecular flexibility index (Phi) is 7.23. The molecule has 1 aromatic rings. The zero-order chi connectivity index (χ0) is 18.5. The summed E-state index contributed by atoms with van der Waals surface area (Å²) < 4.78 is 44.0. The summed E-state index contributed by atoms with van der Waals surface area (Å²) in [5.74, 6) is -0.435. The minimum absolute atomic E-state index is 0.0308. The molecular formula is C17H24F3NO3. The Bertz CT molecular complexity index is 546. The third kappa shape index (κ3) is 6.13. The quantitative estimate of drug-likeness (QED) is 0.771. The molecule has 2 unspecified atom stereocenters. The van der Waals surface area contributed by atoms with E-state index in [1.54, 1.807) is 32.7 Å². The van der Waals surface area contributed by atoms with Gasteiger partial charge in [-0.2, -0.15) is 13.2 Å². The molecule has 0 aliphatic heterocycles. The lowest BCUT2D eigenvalue weighted by Gasteiger charge is -2.26. The average molecular weight is 347 g/mol. The van der Waals surface area contributed by atoms with E-state index in [1.165, 1.54) is 18.2 Å². The molecule has 7 heteroatoms. The Morgan fingerprint density at radius 1 is 1.25 bits per heavy atom. The highest BCUT2D eigenvalue weighted by molar-refractivity contribution is 5.75.